The zero-order valence-corrected chi connectivity index (χ0v) is 26.0. The first-order chi connectivity index (χ1) is 22.1. The van der Waals surface area contributed by atoms with Gasteiger partial charge in [0.25, 0.3) is 0 Å². The Morgan fingerprint density at radius 1 is 0.489 bits per heavy atom. The van der Waals surface area contributed by atoms with Crippen LogP contribution in [0.1, 0.15) is 25.0 Å². The Kier molecular flexibility index (Phi) is 5.00. The molecule has 7 aromatic carbocycles. The Bertz CT molecular complexity index is 2670. The van der Waals surface area contributed by atoms with E-state index in [1.807, 2.05) is 11.3 Å². The van der Waals surface area contributed by atoms with Crippen LogP contribution in [0.25, 0.3) is 80.7 Å². The first-order valence-electron chi connectivity index (χ1n) is 15.7. The number of nitrogens with zero attached hydrogens (tertiary/aromatic N) is 1. The summed E-state index contributed by atoms with van der Waals surface area (Å²) in [5.41, 5.74) is 11.8. The van der Waals surface area contributed by atoms with Crippen molar-refractivity contribution in [3.8, 4) is 27.9 Å². The first-order valence-corrected chi connectivity index (χ1v) is 16.5. The van der Waals surface area contributed by atoms with Crippen molar-refractivity contribution in [1.82, 2.24) is 4.57 Å². The molecule has 0 radical (unpaired) electrons. The predicted octanol–water partition coefficient (Wildman–Crippen LogP) is 12.3. The molecule has 0 fully saturated rings. The fourth-order valence-electron chi connectivity index (χ4n) is 8.21. The van der Waals surface area contributed by atoms with E-state index >= 15 is 0 Å². The van der Waals surface area contributed by atoms with Gasteiger partial charge in [-0.05, 0) is 74.5 Å². The molecule has 2 heterocycles. The van der Waals surface area contributed by atoms with Crippen LogP contribution in [-0.4, -0.2) is 4.57 Å². The molecule has 1 aliphatic rings. The number of rotatable bonds is 2. The summed E-state index contributed by atoms with van der Waals surface area (Å²) in [6.45, 7) is 4.76. The molecule has 0 saturated carbocycles. The van der Waals surface area contributed by atoms with E-state index in [1.165, 1.54) is 91.8 Å². The molecule has 10 rings (SSSR count). The minimum absolute atomic E-state index is 0.0510. The van der Waals surface area contributed by atoms with Gasteiger partial charge in [0.15, 0.2) is 0 Å². The van der Waals surface area contributed by atoms with Crippen LogP contribution in [0.5, 0.6) is 0 Å². The minimum Gasteiger partial charge on any atom is -0.309 e. The fraction of sp³-hybridized carbons (Fsp3) is 0.0698. The van der Waals surface area contributed by atoms with Gasteiger partial charge in [-0.25, -0.2) is 0 Å². The van der Waals surface area contributed by atoms with E-state index in [0.717, 1.165) is 0 Å². The third-order valence-corrected chi connectivity index (χ3v) is 11.4. The summed E-state index contributed by atoms with van der Waals surface area (Å²) in [6.07, 6.45) is 0. The zero-order chi connectivity index (χ0) is 29.9. The molecule has 45 heavy (non-hydrogen) atoms. The van der Waals surface area contributed by atoms with Crippen molar-refractivity contribution in [3.63, 3.8) is 0 Å². The van der Waals surface area contributed by atoms with Gasteiger partial charge in [-0.1, -0.05) is 123 Å². The molecular weight excluding hydrogens is 563 g/mol. The predicted molar refractivity (Wildman–Crippen MR) is 194 cm³/mol. The molecule has 0 spiro atoms. The quantitative estimate of drug-likeness (QED) is 0.188. The topological polar surface area (TPSA) is 4.93 Å². The summed E-state index contributed by atoms with van der Waals surface area (Å²) in [7, 11) is 0. The number of hydrogen-bond donors (Lipinski definition) is 0. The van der Waals surface area contributed by atoms with Crippen molar-refractivity contribution >= 4 is 64.1 Å². The molecule has 0 saturated heterocycles. The molecule has 0 bridgehead atoms. The van der Waals surface area contributed by atoms with Crippen LogP contribution in [-0.2, 0) is 5.41 Å². The highest BCUT2D eigenvalue weighted by Gasteiger charge is 2.36. The molecule has 1 aliphatic carbocycles. The number of thiophene rings is 1. The average Bonchev–Trinajstić information content (AvgIpc) is 3.71. The van der Waals surface area contributed by atoms with E-state index in [9.17, 15) is 0 Å². The second-order valence-corrected chi connectivity index (χ2v) is 13.9. The zero-order valence-electron chi connectivity index (χ0n) is 25.1. The van der Waals surface area contributed by atoms with Crippen LogP contribution < -0.4 is 0 Å². The number of aromatic nitrogens is 1. The molecular formula is C43H29NS. The van der Waals surface area contributed by atoms with E-state index in [1.54, 1.807) is 0 Å². The normalized spacial score (nSPS) is 13.7. The van der Waals surface area contributed by atoms with E-state index < -0.39 is 0 Å². The van der Waals surface area contributed by atoms with Crippen molar-refractivity contribution in [3.05, 3.63) is 151 Å². The van der Waals surface area contributed by atoms with E-state index in [2.05, 4.69) is 158 Å². The Balaban J connectivity index is 1.18. The maximum atomic E-state index is 2.45. The van der Waals surface area contributed by atoms with E-state index in [-0.39, 0.29) is 5.41 Å². The van der Waals surface area contributed by atoms with Gasteiger partial charge in [-0.2, -0.15) is 0 Å². The van der Waals surface area contributed by atoms with Crippen molar-refractivity contribution in [1.29, 1.82) is 0 Å². The molecule has 0 amide bonds. The summed E-state index contributed by atoms with van der Waals surface area (Å²) in [6, 6.07) is 51.9. The second kappa shape index (κ2) is 8.94. The maximum Gasteiger partial charge on any atom is 0.0547 e. The molecule has 2 heteroatoms. The SMILES string of the molecule is CC1(C)c2ccccc2-c2ccc3c(ccc4c3c3ccccc3n4-c3ccc(-c4cccc5c4sc4ccccc45)cc3)c21. The fourth-order valence-corrected chi connectivity index (χ4v) is 9.45. The lowest BCUT2D eigenvalue weighted by molar-refractivity contribution is 0.666. The highest BCUT2D eigenvalue weighted by molar-refractivity contribution is 7.26. The lowest BCUT2D eigenvalue weighted by Crippen LogP contribution is -2.15. The van der Waals surface area contributed by atoms with Crippen molar-refractivity contribution in [2.24, 2.45) is 0 Å². The van der Waals surface area contributed by atoms with Gasteiger partial charge in [0.2, 0.25) is 0 Å². The summed E-state index contributed by atoms with van der Waals surface area (Å²) >= 11 is 1.89. The summed E-state index contributed by atoms with van der Waals surface area (Å²) in [4.78, 5) is 0. The highest BCUT2D eigenvalue weighted by Crippen LogP contribution is 2.52. The standard InChI is InChI=1S/C43H29NS/c1-43(2)36-15-6-3-10-29(36)32-23-22-31-33(41(32)43)24-25-38-40(31)35-12-4-7-16-37(35)44(38)27-20-18-26(19-21-27)28-13-9-14-34-30-11-5-8-17-39(30)45-42(28)34/h3-25H,1-2H3. The van der Waals surface area contributed by atoms with Crippen LogP contribution in [0.4, 0.5) is 0 Å². The monoisotopic (exact) mass is 591 g/mol. The van der Waals surface area contributed by atoms with Gasteiger partial charge in [-0.15, -0.1) is 11.3 Å². The van der Waals surface area contributed by atoms with Gasteiger partial charge < -0.3 is 4.57 Å². The summed E-state index contributed by atoms with van der Waals surface area (Å²) in [5, 5.41) is 7.99. The number of hydrogen-bond acceptors (Lipinski definition) is 1. The molecule has 9 aromatic rings. The van der Waals surface area contributed by atoms with Gasteiger partial charge in [0, 0.05) is 42.0 Å². The molecule has 2 aromatic heterocycles. The molecule has 0 N–H and O–H groups in total. The van der Waals surface area contributed by atoms with Gasteiger partial charge in [-0.3, -0.25) is 0 Å². The van der Waals surface area contributed by atoms with Crippen LogP contribution in [0.3, 0.4) is 0 Å². The smallest absolute Gasteiger partial charge is 0.0547 e. The largest absolute Gasteiger partial charge is 0.309 e. The van der Waals surface area contributed by atoms with Crippen molar-refractivity contribution in [2.45, 2.75) is 19.3 Å². The summed E-state index contributed by atoms with van der Waals surface area (Å²) < 4.78 is 5.14. The van der Waals surface area contributed by atoms with Gasteiger partial charge in [0.1, 0.15) is 0 Å². The molecule has 212 valence electrons. The lowest BCUT2D eigenvalue weighted by atomic mass is 9.80. The lowest BCUT2D eigenvalue weighted by Gasteiger charge is -2.23. The molecule has 0 atom stereocenters. The average molecular weight is 592 g/mol. The second-order valence-electron chi connectivity index (χ2n) is 12.9. The first kappa shape index (κ1) is 25.2. The van der Waals surface area contributed by atoms with Gasteiger partial charge in [0.05, 0.1) is 11.0 Å². The Morgan fingerprint density at radius 3 is 2.09 bits per heavy atom. The van der Waals surface area contributed by atoms with E-state index in [4.69, 9.17) is 0 Å². The summed E-state index contributed by atoms with van der Waals surface area (Å²) in [5.74, 6) is 0. The number of benzene rings is 7. The Hall–Kier alpha value is -5.18. The highest BCUT2D eigenvalue weighted by atomic mass is 32.1. The van der Waals surface area contributed by atoms with Gasteiger partial charge >= 0.3 is 0 Å². The molecule has 0 unspecified atom stereocenters. The number of fused-ring (bicyclic) bond motifs is 12. The number of para-hydroxylation sites is 1. The maximum absolute atomic E-state index is 2.45. The molecule has 1 nitrogen and oxygen atoms in total. The Labute approximate surface area is 265 Å². The third kappa shape index (κ3) is 3.32. The van der Waals surface area contributed by atoms with Crippen LogP contribution in [0.2, 0.25) is 0 Å². The van der Waals surface area contributed by atoms with Crippen LogP contribution >= 0.6 is 11.3 Å². The minimum atomic E-state index is -0.0510. The van der Waals surface area contributed by atoms with Crippen molar-refractivity contribution in [2.75, 3.05) is 0 Å². The van der Waals surface area contributed by atoms with Crippen LogP contribution in [0.15, 0.2) is 140 Å². The van der Waals surface area contributed by atoms with E-state index in [0.29, 0.717) is 0 Å². The third-order valence-electron chi connectivity index (χ3n) is 10.2. The van der Waals surface area contributed by atoms with Crippen LogP contribution in [0, 0.1) is 0 Å². The van der Waals surface area contributed by atoms with Crippen molar-refractivity contribution < 1.29 is 0 Å². The molecule has 0 aliphatic heterocycles. The Morgan fingerprint density at radius 2 is 1.20 bits per heavy atom.